The van der Waals surface area contributed by atoms with Crippen molar-refractivity contribution >= 4 is 38.8 Å². The third-order valence-corrected chi connectivity index (χ3v) is 4.73. The third-order valence-electron chi connectivity index (χ3n) is 4.73. The fourth-order valence-electron chi connectivity index (χ4n) is 3.47. The number of para-hydroxylation sites is 3. The van der Waals surface area contributed by atoms with Crippen molar-refractivity contribution < 1.29 is 9.53 Å². The number of rotatable bonds is 3. The van der Waals surface area contributed by atoms with Crippen molar-refractivity contribution in [2.75, 3.05) is 0 Å². The van der Waals surface area contributed by atoms with Gasteiger partial charge < -0.3 is 14.7 Å². The molecule has 28 heavy (non-hydrogen) atoms. The second-order valence-electron chi connectivity index (χ2n) is 6.55. The lowest BCUT2D eigenvalue weighted by atomic mass is 10.0. The van der Waals surface area contributed by atoms with Crippen LogP contribution in [0.4, 0.5) is 0 Å². The molecule has 6 nitrogen and oxygen atoms in total. The Labute approximate surface area is 158 Å². The molecular weight excluding hydrogens is 354 g/mol. The number of carbonyl (C=O) groups excluding carboxylic acids is 1. The molecule has 0 aliphatic rings. The van der Waals surface area contributed by atoms with Gasteiger partial charge in [-0.1, -0.05) is 36.4 Å². The van der Waals surface area contributed by atoms with Crippen LogP contribution >= 0.6 is 0 Å². The molecule has 3 aromatic carbocycles. The maximum atomic E-state index is 13.0. The first-order valence-electron chi connectivity index (χ1n) is 8.87. The van der Waals surface area contributed by atoms with Crippen LogP contribution in [0.25, 0.3) is 32.8 Å². The van der Waals surface area contributed by atoms with Gasteiger partial charge in [-0.2, -0.15) is 4.98 Å². The standard InChI is InChI=1S/C22H15N3O3/c26-19(28-22-24-16-9-3-4-10-17(16)25-22)12-13-6-5-11-18-20(13)21(27)14-7-1-2-8-15(14)23-18/h1-11H,12H2,(H,23,27)(H,24,25). The summed E-state index contributed by atoms with van der Waals surface area (Å²) in [6.07, 6.45) is -0.0319. The van der Waals surface area contributed by atoms with Crippen LogP contribution in [0.1, 0.15) is 5.56 Å². The van der Waals surface area contributed by atoms with Crippen LogP contribution in [0.3, 0.4) is 0 Å². The van der Waals surface area contributed by atoms with Gasteiger partial charge in [0.05, 0.1) is 23.0 Å². The number of aromatic nitrogens is 3. The highest BCUT2D eigenvalue weighted by Crippen LogP contribution is 2.20. The minimum atomic E-state index is -0.487. The molecule has 2 aromatic heterocycles. The third kappa shape index (κ3) is 2.72. The Morgan fingerprint density at radius 2 is 1.61 bits per heavy atom. The minimum Gasteiger partial charge on any atom is -0.392 e. The van der Waals surface area contributed by atoms with Crippen LogP contribution < -0.4 is 10.2 Å². The smallest absolute Gasteiger partial charge is 0.318 e. The van der Waals surface area contributed by atoms with E-state index in [4.69, 9.17) is 4.74 Å². The molecule has 6 heteroatoms. The Bertz CT molecular complexity index is 1380. The van der Waals surface area contributed by atoms with Crippen LogP contribution in [-0.2, 0) is 11.2 Å². The van der Waals surface area contributed by atoms with Crippen LogP contribution in [0.2, 0.25) is 0 Å². The molecule has 0 bridgehead atoms. The average Bonchev–Trinajstić information content (AvgIpc) is 3.10. The van der Waals surface area contributed by atoms with E-state index in [9.17, 15) is 9.59 Å². The molecule has 0 aliphatic heterocycles. The van der Waals surface area contributed by atoms with Crippen LogP contribution in [-0.4, -0.2) is 20.9 Å². The lowest BCUT2D eigenvalue weighted by Crippen LogP contribution is -2.15. The number of imidazole rings is 1. The molecule has 2 heterocycles. The molecule has 0 saturated heterocycles. The van der Waals surface area contributed by atoms with E-state index < -0.39 is 5.97 Å². The number of esters is 1. The Hall–Kier alpha value is -3.93. The fourth-order valence-corrected chi connectivity index (χ4v) is 3.47. The monoisotopic (exact) mass is 369 g/mol. The minimum absolute atomic E-state index is 0.0319. The van der Waals surface area contributed by atoms with Gasteiger partial charge in [0.2, 0.25) is 0 Å². The number of ether oxygens (including phenoxy) is 1. The Morgan fingerprint density at radius 3 is 2.46 bits per heavy atom. The second kappa shape index (κ2) is 6.35. The largest absolute Gasteiger partial charge is 0.392 e. The summed E-state index contributed by atoms with van der Waals surface area (Å²) < 4.78 is 5.36. The van der Waals surface area contributed by atoms with E-state index in [0.29, 0.717) is 21.9 Å². The molecule has 0 saturated carbocycles. The molecule has 0 unspecified atom stereocenters. The Kier molecular flexibility index (Phi) is 3.69. The van der Waals surface area contributed by atoms with Gasteiger partial charge in [0.25, 0.3) is 0 Å². The number of H-pyrrole nitrogens is 2. The number of pyridine rings is 1. The molecule has 0 aliphatic carbocycles. The average molecular weight is 369 g/mol. The van der Waals surface area contributed by atoms with Gasteiger partial charge in [-0.15, -0.1) is 0 Å². The van der Waals surface area contributed by atoms with Gasteiger partial charge in [0.1, 0.15) is 0 Å². The summed E-state index contributed by atoms with van der Waals surface area (Å²) in [4.78, 5) is 35.9. The van der Waals surface area contributed by atoms with Gasteiger partial charge in [-0.25, -0.2) is 0 Å². The zero-order chi connectivity index (χ0) is 19.1. The number of nitrogens with zero attached hydrogens (tertiary/aromatic N) is 1. The first-order valence-corrected chi connectivity index (χ1v) is 8.87. The normalized spacial score (nSPS) is 11.3. The molecule has 5 rings (SSSR count). The number of hydrogen-bond acceptors (Lipinski definition) is 4. The van der Waals surface area contributed by atoms with Gasteiger partial charge >= 0.3 is 12.0 Å². The van der Waals surface area contributed by atoms with E-state index in [1.54, 1.807) is 12.1 Å². The molecule has 0 spiro atoms. The molecular formula is C22H15N3O3. The second-order valence-corrected chi connectivity index (χ2v) is 6.55. The van der Waals surface area contributed by atoms with E-state index >= 15 is 0 Å². The maximum absolute atomic E-state index is 13.0. The number of nitrogens with one attached hydrogen (secondary N) is 2. The number of benzene rings is 3. The highest BCUT2D eigenvalue weighted by Gasteiger charge is 2.15. The van der Waals surface area contributed by atoms with Gasteiger partial charge in [-0.05, 0) is 35.9 Å². The summed E-state index contributed by atoms with van der Waals surface area (Å²) in [6.45, 7) is 0. The lowest BCUT2D eigenvalue weighted by molar-refractivity contribution is -0.134. The van der Waals surface area contributed by atoms with E-state index in [0.717, 1.165) is 16.6 Å². The van der Waals surface area contributed by atoms with Crippen molar-refractivity contribution in [1.82, 2.24) is 15.0 Å². The highest BCUT2D eigenvalue weighted by molar-refractivity contribution is 5.95. The SMILES string of the molecule is O=C(Cc1cccc2[nH]c3ccccc3c(=O)c12)Oc1nc2ccccc2[nH]1. The Balaban J connectivity index is 1.51. The van der Waals surface area contributed by atoms with E-state index in [1.165, 1.54) is 0 Å². The number of carbonyl (C=O) groups is 1. The van der Waals surface area contributed by atoms with Gasteiger partial charge in [0, 0.05) is 16.3 Å². The summed E-state index contributed by atoms with van der Waals surface area (Å²) in [5, 5.41) is 1.09. The summed E-state index contributed by atoms with van der Waals surface area (Å²) in [5.41, 5.74) is 3.48. The van der Waals surface area contributed by atoms with Gasteiger partial charge in [-0.3, -0.25) is 9.59 Å². The number of fused-ring (bicyclic) bond motifs is 3. The fraction of sp³-hybridized carbons (Fsp3) is 0.0455. The molecule has 0 amide bonds. The summed E-state index contributed by atoms with van der Waals surface area (Å²) in [5.74, 6) is -0.487. The molecule has 5 aromatic rings. The van der Waals surface area contributed by atoms with Gasteiger partial charge in [0.15, 0.2) is 5.43 Å². The van der Waals surface area contributed by atoms with Crippen molar-refractivity contribution in [2.24, 2.45) is 0 Å². The number of aromatic amines is 2. The van der Waals surface area contributed by atoms with Crippen molar-refractivity contribution in [3.8, 4) is 6.01 Å². The first-order chi connectivity index (χ1) is 13.7. The zero-order valence-corrected chi connectivity index (χ0v) is 14.7. The first kappa shape index (κ1) is 16.3. The highest BCUT2D eigenvalue weighted by atomic mass is 16.5. The summed E-state index contributed by atoms with van der Waals surface area (Å²) in [7, 11) is 0. The quantitative estimate of drug-likeness (QED) is 0.375. The van der Waals surface area contributed by atoms with Crippen molar-refractivity contribution in [2.45, 2.75) is 6.42 Å². The summed E-state index contributed by atoms with van der Waals surface area (Å²) >= 11 is 0. The van der Waals surface area contributed by atoms with E-state index in [2.05, 4.69) is 15.0 Å². The van der Waals surface area contributed by atoms with Crippen molar-refractivity contribution in [1.29, 1.82) is 0 Å². The van der Waals surface area contributed by atoms with E-state index in [1.807, 2.05) is 54.6 Å². The van der Waals surface area contributed by atoms with Crippen LogP contribution in [0, 0.1) is 0 Å². The van der Waals surface area contributed by atoms with Crippen LogP contribution in [0.15, 0.2) is 71.5 Å². The molecule has 0 fully saturated rings. The van der Waals surface area contributed by atoms with Crippen LogP contribution in [0.5, 0.6) is 6.01 Å². The lowest BCUT2D eigenvalue weighted by Gasteiger charge is -2.07. The zero-order valence-electron chi connectivity index (χ0n) is 14.7. The predicted molar refractivity (Wildman–Crippen MR) is 108 cm³/mol. The maximum Gasteiger partial charge on any atom is 0.318 e. The molecule has 0 atom stereocenters. The Morgan fingerprint density at radius 1 is 0.857 bits per heavy atom. The van der Waals surface area contributed by atoms with Crippen molar-refractivity contribution in [3.63, 3.8) is 0 Å². The van der Waals surface area contributed by atoms with E-state index in [-0.39, 0.29) is 17.9 Å². The molecule has 2 N–H and O–H groups in total. The molecule has 0 radical (unpaired) electrons. The predicted octanol–water partition coefficient (Wildman–Crippen LogP) is 3.71. The summed E-state index contributed by atoms with van der Waals surface area (Å²) in [6, 6.07) is 20.3. The molecule has 136 valence electrons. The number of hydrogen-bond donors (Lipinski definition) is 2. The topological polar surface area (TPSA) is 87.8 Å². The van der Waals surface area contributed by atoms with Crippen molar-refractivity contribution in [3.05, 3.63) is 82.5 Å².